The summed E-state index contributed by atoms with van der Waals surface area (Å²) in [6.45, 7) is 3.03. The molecule has 5 rings (SSSR count). The molecule has 0 bridgehead atoms. The SMILES string of the molecule is O=C(O)C(F)(F)F.O=C(O)C(F)(F)F.c1cncc(-c2ccc3nc(C4CCCN(Cc5nccs5)C4)nn3c2)c1. The van der Waals surface area contributed by atoms with E-state index >= 15 is 0 Å². The van der Waals surface area contributed by atoms with Gasteiger partial charge in [0, 0.05) is 53.8 Å². The number of piperidine rings is 1. The van der Waals surface area contributed by atoms with Crippen LogP contribution in [-0.4, -0.2) is 77.1 Å². The molecule has 0 aliphatic carbocycles. The Morgan fingerprint density at radius 1 is 1.00 bits per heavy atom. The van der Waals surface area contributed by atoms with Gasteiger partial charge in [-0.05, 0) is 37.6 Å². The average Bonchev–Trinajstić information content (AvgIpc) is 3.58. The predicted molar refractivity (Wildman–Crippen MR) is 133 cm³/mol. The standard InChI is InChI=1S/C20H20N6S.2C2HF3O2/c1-3-15(11-21-7-1)16-5-6-18-23-20(24-26(18)13-16)17-4-2-9-25(12-17)14-19-22-8-10-27-19;2*3-2(4,5)1(6)7/h1,3,5-8,10-11,13,17H,2,4,9,12,14H2;2*(H,6,7). The normalized spacial score (nSPS) is 15.8. The Balaban J connectivity index is 0.000000276. The number of hydrogen-bond acceptors (Lipinski definition) is 8. The van der Waals surface area contributed by atoms with Crippen molar-refractivity contribution in [1.29, 1.82) is 0 Å². The Bertz CT molecular complexity index is 1410. The number of thiazole rings is 1. The molecule has 0 radical (unpaired) electrons. The van der Waals surface area contributed by atoms with Gasteiger partial charge >= 0.3 is 24.3 Å². The average molecular weight is 605 g/mol. The number of fused-ring (bicyclic) bond motifs is 1. The van der Waals surface area contributed by atoms with Crippen LogP contribution in [0, 0.1) is 0 Å². The molecule has 17 heteroatoms. The lowest BCUT2D eigenvalue weighted by atomic mass is 9.97. The van der Waals surface area contributed by atoms with Crippen LogP contribution in [0.25, 0.3) is 16.8 Å². The molecule has 4 aromatic heterocycles. The largest absolute Gasteiger partial charge is 0.490 e. The number of rotatable bonds is 4. The summed E-state index contributed by atoms with van der Waals surface area (Å²) in [6.07, 6.45) is -0.274. The number of halogens is 6. The minimum Gasteiger partial charge on any atom is -0.475 e. The van der Waals surface area contributed by atoms with Crippen molar-refractivity contribution in [1.82, 2.24) is 29.5 Å². The van der Waals surface area contributed by atoms with E-state index < -0.39 is 24.3 Å². The smallest absolute Gasteiger partial charge is 0.475 e. The second-order valence-corrected chi connectivity index (χ2v) is 9.52. The number of aromatic nitrogens is 5. The lowest BCUT2D eigenvalue weighted by Gasteiger charge is -2.30. The molecule has 1 aliphatic heterocycles. The number of aliphatic carboxylic acids is 2. The highest BCUT2D eigenvalue weighted by molar-refractivity contribution is 7.09. The molecule has 1 saturated heterocycles. The van der Waals surface area contributed by atoms with Crippen LogP contribution in [0.3, 0.4) is 0 Å². The number of likely N-dealkylation sites (tertiary alicyclic amines) is 1. The topological polar surface area (TPSA) is 134 Å². The van der Waals surface area contributed by atoms with Crippen molar-refractivity contribution in [2.75, 3.05) is 13.1 Å². The number of carboxylic acids is 2. The number of nitrogens with zero attached hydrogens (tertiary/aromatic N) is 6. The van der Waals surface area contributed by atoms with Gasteiger partial charge in [-0.2, -0.15) is 31.4 Å². The summed E-state index contributed by atoms with van der Waals surface area (Å²) < 4.78 is 65.4. The minimum atomic E-state index is -5.08. The number of carbonyl (C=O) groups is 2. The fourth-order valence-electron chi connectivity index (χ4n) is 3.71. The Morgan fingerprint density at radius 3 is 2.24 bits per heavy atom. The first-order valence-electron chi connectivity index (χ1n) is 11.7. The fourth-order valence-corrected chi connectivity index (χ4v) is 4.37. The first kappa shape index (κ1) is 31.4. The molecule has 0 aromatic carbocycles. The number of carboxylic acid groups (broad SMARTS) is 2. The van der Waals surface area contributed by atoms with Gasteiger partial charge in [-0.15, -0.1) is 11.3 Å². The van der Waals surface area contributed by atoms with Crippen LogP contribution < -0.4 is 0 Å². The van der Waals surface area contributed by atoms with Crippen LogP contribution in [0.4, 0.5) is 26.3 Å². The molecular weight excluding hydrogens is 582 g/mol. The molecule has 0 saturated carbocycles. The van der Waals surface area contributed by atoms with Gasteiger partial charge in [0.05, 0.1) is 6.54 Å². The molecule has 0 amide bonds. The third-order valence-corrected chi connectivity index (χ3v) is 6.30. The van der Waals surface area contributed by atoms with E-state index in [-0.39, 0.29) is 0 Å². The Kier molecular flexibility index (Phi) is 10.3. The second kappa shape index (κ2) is 13.5. The van der Waals surface area contributed by atoms with Crippen molar-refractivity contribution in [3.63, 3.8) is 0 Å². The maximum absolute atomic E-state index is 10.6. The van der Waals surface area contributed by atoms with Crippen molar-refractivity contribution in [2.24, 2.45) is 0 Å². The number of alkyl halides is 6. The molecule has 1 aliphatic rings. The summed E-state index contributed by atoms with van der Waals surface area (Å²) in [5, 5.41) is 22.3. The van der Waals surface area contributed by atoms with E-state index in [1.165, 1.54) is 11.4 Å². The molecule has 220 valence electrons. The second-order valence-electron chi connectivity index (χ2n) is 8.54. The maximum Gasteiger partial charge on any atom is 0.490 e. The maximum atomic E-state index is 10.6. The van der Waals surface area contributed by atoms with E-state index in [0.29, 0.717) is 5.92 Å². The van der Waals surface area contributed by atoms with Crippen molar-refractivity contribution in [3.8, 4) is 11.1 Å². The van der Waals surface area contributed by atoms with Crippen LogP contribution in [0.2, 0.25) is 0 Å². The molecule has 41 heavy (non-hydrogen) atoms. The third-order valence-electron chi connectivity index (χ3n) is 5.54. The quantitative estimate of drug-likeness (QED) is 0.312. The van der Waals surface area contributed by atoms with Crippen LogP contribution in [0.15, 0.2) is 54.4 Å². The summed E-state index contributed by atoms with van der Waals surface area (Å²) in [4.78, 5) is 33.7. The molecular formula is C24H22F6N6O4S. The van der Waals surface area contributed by atoms with Gasteiger partial charge in [-0.25, -0.2) is 24.1 Å². The van der Waals surface area contributed by atoms with Crippen molar-refractivity contribution < 1.29 is 46.1 Å². The molecule has 1 fully saturated rings. The summed E-state index contributed by atoms with van der Waals surface area (Å²) in [6, 6.07) is 8.13. The van der Waals surface area contributed by atoms with Gasteiger partial charge in [0.2, 0.25) is 0 Å². The Labute approximate surface area is 231 Å². The summed E-state index contributed by atoms with van der Waals surface area (Å²) in [5.41, 5.74) is 3.08. The number of hydrogen-bond donors (Lipinski definition) is 2. The van der Waals surface area contributed by atoms with Crippen molar-refractivity contribution in [2.45, 2.75) is 37.7 Å². The Hall–Kier alpha value is -4.12. The molecule has 10 nitrogen and oxygen atoms in total. The van der Waals surface area contributed by atoms with E-state index in [9.17, 15) is 26.3 Å². The van der Waals surface area contributed by atoms with Crippen LogP contribution >= 0.6 is 11.3 Å². The van der Waals surface area contributed by atoms with E-state index in [4.69, 9.17) is 29.9 Å². The lowest BCUT2D eigenvalue weighted by Crippen LogP contribution is -2.34. The fraction of sp³-hybridized carbons (Fsp3) is 0.333. The first-order chi connectivity index (χ1) is 19.2. The molecule has 1 atom stereocenters. The van der Waals surface area contributed by atoms with E-state index in [1.54, 1.807) is 17.5 Å². The van der Waals surface area contributed by atoms with E-state index in [2.05, 4.69) is 27.0 Å². The van der Waals surface area contributed by atoms with E-state index in [1.807, 2.05) is 40.6 Å². The molecule has 1 unspecified atom stereocenters. The number of pyridine rings is 2. The third kappa shape index (κ3) is 9.49. The van der Waals surface area contributed by atoms with Crippen molar-refractivity contribution in [3.05, 3.63) is 65.3 Å². The summed E-state index contributed by atoms with van der Waals surface area (Å²) >= 11 is 1.72. The molecule has 4 aromatic rings. The van der Waals surface area contributed by atoms with Crippen LogP contribution in [0.5, 0.6) is 0 Å². The van der Waals surface area contributed by atoms with Gasteiger partial charge in [0.1, 0.15) is 5.01 Å². The first-order valence-corrected chi connectivity index (χ1v) is 12.6. The zero-order valence-electron chi connectivity index (χ0n) is 20.9. The highest BCUT2D eigenvalue weighted by Crippen LogP contribution is 2.27. The van der Waals surface area contributed by atoms with Gasteiger partial charge in [-0.1, -0.05) is 6.07 Å². The highest BCUT2D eigenvalue weighted by Gasteiger charge is 2.38. The van der Waals surface area contributed by atoms with Gasteiger partial charge < -0.3 is 10.2 Å². The van der Waals surface area contributed by atoms with E-state index in [0.717, 1.165) is 48.7 Å². The van der Waals surface area contributed by atoms with Gasteiger partial charge in [0.15, 0.2) is 11.5 Å². The predicted octanol–water partition coefficient (Wildman–Crippen LogP) is 4.89. The minimum absolute atomic E-state index is 0.375. The van der Waals surface area contributed by atoms with Crippen LogP contribution in [-0.2, 0) is 16.1 Å². The molecule has 0 spiro atoms. The highest BCUT2D eigenvalue weighted by atomic mass is 32.1. The monoisotopic (exact) mass is 604 g/mol. The zero-order valence-corrected chi connectivity index (χ0v) is 21.7. The molecule has 2 N–H and O–H groups in total. The van der Waals surface area contributed by atoms with Crippen molar-refractivity contribution >= 4 is 28.9 Å². The zero-order chi connectivity index (χ0) is 30.2. The summed E-state index contributed by atoms with van der Waals surface area (Å²) in [5.74, 6) is -4.19. The summed E-state index contributed by atoms with van der Waals surface area (Å²) in [7, 11) is 0. The van der Waals surface area contributed by atoms with Gasteiger partial charge in [0.25, 0.3) is 0 Å². The Morgan fingerprint density at radius 2 is 1.68 bits per heavy atom. The lowest BCUT2D eigenvalue weighted by molar-refractivity contribution is -0.193. The van der Waals surface area contributed by atoms with Gasteiger partial charge in [-0.3, -0.25) is 9.88 Å². The van der Waals surface area contributed by atoms with Crippen LogP contribution in [0.1, 0.15) is 29.6 Å². The molecule has 5 heterocycles.